The second kappa shape index (κ2) is 4.93. The average Bonchev–Trinajstić information content (AvgIpc) is 2.70. The third kappa shape index (κ3) is 2.27. The lowest BCUT2D eigenvalue weighted by molar-refractivity contribution is 0.767. The molecule has 0 atom stereocenters. The standard InChI is InChI=1S/C9H15N7O/c10-1-3-15(4-2-11)7-5-8-13-14-9(17)16(8)6-12-7/h5-6H,1-4,10-11H2,(H,14,17). The first kappa shape index (κ1) is 11.6. The van der Waals surface area contributed by atoms with E-state index in [1.807, 2.05) is 4.90 Å². The Morgan fingerprint density at radius 2 is 2.06 bits per heavy atom. The summed E-state index contributed by atoms with van der Waals surface area (Å²) >= 11 is 0. The van der Waals surface area contributed by atoms with E-state index >= 15 is 0 Å². The number of aromatic nitrogens is 4. The van der Waals surface area contributed by atoms with Crippen molar-refractivity contribution in [2.75, 3.05) is 31.1 Å². The fourth-order valence-corrected chi connectivity index (χ4v) is 1.63. The highest BCUT2D eigenvalue weighted by molar-refractivity contribution is 5.50. The molecule has 0 aromatic carbocycles. The first-order chi connectivity index (χ1) is 8.26. The Hall–Kier alpha value is -1.93. The van der Waals surface area contributed by atoms with E-state index in [0.29, 0.717) is 37.6 Å². The van der Waals surface area contributed by atoms with Crippen molar-refractivity contribution in [3.63, 3.8) is 0 Å². The average molecular weight is 237 g/mol. The van der Waals surface area contributed by atoms with Crippen molar-refractivity contribution in [2.24, 2.45) is 11.5 Å². The maximum absolute atomic E-state index is 11.3. The molecule has 0 saturated heterocycles. The first-order valence-electron chi connectivity index (χ1n) is 5.34. The van der Waals surface area contributed by atoms with Gasteiger partial charge < -0.3 is 16.4 Å². The number of aromatic amines is 1. The number of H-pyrrole nitrogens is 1. The molecule has 2 aromatic rings. The van der Waals surface area contributed by atoms with Crippen LogP contribution in [0.3, 0.4) is 0 Å². The molecule has 8 heteroatoms. The van der Waals surface area contributed by atoms with Crippen LogP contribution in [0.25, 0.3) is 5.65 Å². The van der Waals surface area contributed by atoms with Gasteiger partial charge >= 0.3 is 5.69 Å². The van der Waals surface area contributed by atoms with Crippen LogP contribution < -0.4 is 22.1 Å². The molecule has 0 unspecified atom stereocenters. The molecular weight excluding hydrogens is 222 g/mol. The van der Waals surface area contributed by atoms with Gasteiger partial charge in [-0.25, -0.2) is 19.3 Å². The van der Waals surface area contributed by atoms with Crippen LogP contribution in [0, 0.1) is 0 Å². The molecule has 0 spiro atoms. The van der Waals surface area contributed by atoms with E-state index in [0.717, 1.165) is 0 Å². The maximum Gasteiger partial charge on any atom is 0.348 e. The van der Waals surface area contributed by atoms with E-state index < -0.39 is 0 Å². The Balaban J connectivity index is 2.36. The van der Waals surface area contributed by atoms with E-state index in [1.165, 1.54) is 10.7 Å². The molecule has 0 fully saturated rings. The largest absolute Gasteiger partial charge is 0.354 e. The highest BCUT2D eigenvalue weighted by atomic mass is 16.1. The van der Waals surface area contributed by atoms with Crippen molar-refractivity contribution in [1.29, 1.82) is 0 Å². The van der Waals surface area contributed by atoms with Gasteiger partial charge in [0.25, 0.3) is 0 Å². The van der Waals surface area contributed by atoms with Gasteiger partial charge in [-0.2, -0.15) is 5.10 Å². The van der Waals surface area contributed by atoms with Crippen LogP contribution in [0.15, 0.2) is 17.2 Å². The zero-order chi connectivity index (χ0) is 12.3. The summed E-state index contributed by atoms with van der Waals surface area (Å²) in [6.45, 7) is 2.35. The minimum absolute atomic E-state index is 0.303. The fourth-order valence-electron chi connectivity index (χ4n) is 1.63. The summed E-state index contributed by atoms with van der Waals surface area (Å²) in [6, 6.07) is 1.73. The lowest BCUT2D eigenvalue weighted by Gasteiger charge is -2.21. The Bertz CT molecular complexity index is 540. The highest BCUT2D eigenvalue weighted by Crippen LogP contribution is 2.10. The van der Waals surface area contributed by atoms with Gasteiger partial charge in [-0.3, -0.25) is 0 Å². The van der Waals surface area contributed by atoms with Crippen molar-refractivity contribution in [3.8, 4) is 0 Å². The second-order valence-corrected chi connectivity index (χ2v) is 3.57. The SMILES string of the molecule is NCCN(CCN)c1cc2n[nH]c(=O)n2cn1. The Morgan fingerprint density at radius 3 is 2.71 bits per heavy atom. The smallest absolute Gasteiger partial charge is 0.348 e. The minimum Gasteiger partial charge on any atom is -0.354 e. The molecule has 17 heavy (non-hydrogen) atoms. The van der Waals surface area contributed by atoms with Crippen LogP contribution in [-0.4, -0.2) is 45.8 Å². The van der Waals surface area contributed by atoms with Gasteiger partial charge in [0.05, 0.1) is 0 Å². The van der Waals surface area contributed by atoms with E-state index in [-0.39, 0.29) is 5.69 Å². The van der Waals surface area contributed by atoms with Gasteiger partial charge in [0.1, 0.15) is 12.1 Å². The van der Waals surface area contributed by atoms with Gasteiger partial charge in [0, 0.05) is 32.2 Å². The molecule has 0 bridgehead atoms. The van der Waals surface area contributed by atoms with E-state index in [2.05, 4.69) is 15.2 Å². The second-order valence-electron chi connectivity index (χ2n) is 3.57. The topological polar surface area (TPSA) is 118 Å². The van der Waals surface area contributed by atoms with Crippen molar-refractivity contribution in [3.05, 3.63) is 22.9 Å². The highest BCUT2D eigenvalue weighted by Gasteiger charge is 2.08. The van der Waals surface area contributed by atoms with E-state index in [9.17, 15) is 4.79 Å². The zero-order valence-electron chi connectivity index (χ0n) is 9.33. The summed E-state index contributed by atoms with van der Waals surface area (Å²) in [5, 5.41) is 6.23. The third-order valence-electron chi connectivity index (χ3n) is 2.42. The molecule has 0 aliphatic carbocycles. The Kier molecular flexibility index (Phi) is 3.35. The number of nitrogens with one attached hydrogen (secondary N) is 1. The summed E-state index contributed by atoms with van der Waals surface area (Å²) in [6.07, 6.45) is 1.44. The van der Waals surface area contributed by atoms with Crippen molar-refractivity contribution >= 4 is 11.5 Å². The predicted octanol–water partition coefficient (Wildman–Crippen LogP) is -1.86. The summed E-state index contributed by atoms with van der Waals surface area (Å²) in [7, 11) is 0. The lowest BCUT2D eigenvalue weighted by atomic mass is 10.4. The van der Waals surface area contributed by atoms with Crippen LogP contribution in [0.5, 0.6) is 0 Å². The number of anilines is 1. The summed E-state index contributed by atoms with van der Waals surface area (Å²) in [5.41, 5.74) is 11.3. The lowest BCUT2D eigenvalue weighted by Crippen LogP contribution is -2.34. The number of rotatable bonds is 5. The molecule has 0 aliphatic rings. The molecule has 2 aromatic heterocycles. The number of hydrogen-bond acceptors (Lipinski definition) is 6. The monoisotopic (exact) mass is 237 g/mol. The zero-order valence-corrected chi connectivity index (χ0v) is 9.33. The molecule has 0 saturated carbocycles. The third-order valence-corrected chi connectivity index (χ3v) is 2.42. The predicted molar refractivity (Wildman–Crippen MR) is 63.9 cm³/mol. The first-order valence-corrected chi connectivity index (χ1v) is 5.34. The van der Waals surface area contributed by atoms with Gasteiger partial charge in [-0.05, 0) is 0 Å². The van der Waals surface area contributed by atoms with Crippen molar-refractivity contribution in [1.82, 2.24) is 19.6 Å². The van der Waals surface area contributed by atoms with Crippen molar-refractivity contribution in [2.45, 2.75) is 0 Å². The molecular formula is C9H15N7O. The molecule has 0 amide bonds. The molecule has 2 rings (SSSR count). The van der Waals surface area contributed by atoms with Crippen LogP contribution in [0.4, 0.5) is 5.82 Å². The summed E-state index contributed by atoms with van der Waals surface area (Å²) in [4.78, 5) is 17.4. The molecule has 0 radical (unpaired) electrons. The fraction of sp³-hybridized carbons (Fsp3) is 0.444. The maximum atomic E-state index is 11.3. The van der Waals surface area contributed by atoms with E-state index in [1.54, 1.807) is 6.07 Å². The minimum atomic E-state index is -0.303. The quantitative estimate of drug-likeness (QED) is 0.561. The number of nitrogens with zero attached hydrogens (tertiary/aromatic N) is 4. The van der Waals surface area contributed by atoms with Crippen LogP contribution in [-0.2, 0) is 0 Å². The molecule has 8 nitrogen and oxygen atoms in total. The molecule has 0 aliphatic heterocycles. The van der Waals surface area contributed by atoms with Gasteiger partial charge in [0.15, 0.2) is 5.65 Å². The van der Waals surface area contributed by atoms with Gasteiger partial charge in [-0.1, -0.05) is 0 Å². The summed E-state index contributed by atoms with van der Waals surface area (Å²) < 4.78 is 1.34. The van der Waals surface area contributed by atoms with E-state index in [4.69, 9.17) is 11.5 Å². The van der Waals surface area contributed by atoms with Crippen LogP contribution >= 0.6 is 0 Å². The molecule has 92 valence electrons. The van der Waals surface area contributed by atoms with Gasteiger partial charge in [0.2, 0.25) is 0 Å². The van der Waals surface area contributed by atoms with Crippen LogP contribution in [0.2, 0.25) is 0 Å². The number of hydrogen-bond donors (Lipinski definition) is 3. The molecule has 2 heterocycles. The summed E-state index contributed by atoms with van der Waals surface area (Å²) in [5.74, 6) is 0.715. The number of nitrogens with two attached hydrogens (primary N) is 2. The number of fused-ring (bicyclic) bond motifs is 1. The normalized spacial score (nSPS) is 10.9. The van der Waals surface area contributed by atoms with Crippen LogP contribution in [0.1, 0.15) is 0 Å². The van der Waals surface area contributed by atoms with Gasteiger partial charge in [-0.15, -0.1) is 0 Å². The Labute approximate surface area is 97.2 Å². The molecule has 5 N–H and O–H groups in total. The van der Waals surface area contributed by atoms with Crippen molar-refractivity contribution < 1.29 is 0 Å². The Morgan fingerprint density at radius 1 is 1.35 bits per heavy atom.